The van der Waals surface area contributed by atoms with Gasteiger partial charge in [-0.1, -0.05) is 57.2 Å². The van der Waals surface area contributed by atoms with Crippen LogP contribution in [0.4, 0.5) is 5.69 Å². The van der Waals surface area contributed by atoms with E-state index in [4.69, 9.17) is 4.74 Å². The molecule has 2 aromatic rings. The van der Waals surface area contributed by atoms with Crippen LogP contribution < -0.4 is 10.1 Å². The fraction of sp³-hybridized carbons (Fsp3) is 0.333. The van der Waals surface area contributed by atoms with Crippen molar-refractivity contribution in [3.63, 3.8) is 0 Å². The van der Waals surface area contributed by atoms with Crippen molar-refractivity contribution in [2.75, 3.05) is 18.5 Å². The highest BCUT2D eigenvalue weighted by molar-refractivity contribution is 5.54. The molecule has 0 aliphatic heterocycles. The van der Waals surface area contributed by atoms with Crippen molar-refractivity contribution in [2.45, 2.75) is 26.2 Å². The molecular formula is C18H23NO. The van der Waals surface area contributed by atoms with Gasteiger partial charge >= 0.3 is 0 Å². The predicted molar refractivity (Wildman–Crippen MR) is 85.6 cm³/mol. The van der Waals surface area contributed by atoms with E-state index in [1.807, 2.05) is 30.3 Å². The second-order valence-electron chi connectivity index (χ2n) is 5.88. The Balaban J connectivity index is 1.89. The Bertz CT molecular complexity index is 529. The van der Waals surface area contributed by atoms with Crippen molar-refractivity contribution >= 4 is 5.69 Å². The largest absolute Gasteiger partial charge is 0.492 e. The average Bonchev–Trinajstić information content (AvgIpc) is 2.44. The van der Waals surface area contributed by atoms with Crippen LogP contribution in [0.1, 0.15) is 26.3 Å². The van der Waals surface area contributed by atoms with Crippen LogP contribution in [-0.2, 0) is 5.41 Å². The minimum Gasteiger partial charge on any atom is -0.492 e. The zero-order valence-corrected chi connectivity index (χ0v) is 12.5. The summed E-state index contributed by atoms with van der Waals surface area (Å²) in [6.07, 6.45) is 0. The summed E-state index contributed by atoms with van der Waals surface area (Å²) in [5, 5.41) is 3.47. The molecule has 0 heterocycles. The minimum atomic E-state index is 0.143. The van der Waals surface area contributed by atoms with Gasteiger partial charge < -0.3 is 10.1 Å². The van der Waals surface area contributed by atoms with Gasteiger partial charge in [-0.05, 0) is 29.2 Å². The summed E-state index contributed by atoms with van der Waals surface area (Å²) >= 11 is 0. The van der Waals surface area contributed by atoms with E-state index in [9.17, 15) is 0 Å². The first-order chi connectivity index (χ1) is 9.57. The van der Waals surface area contributed by atoms with Crippen molar-refractivity contribution < 1.29 is 4.74 Å². The zero-order chi connectivity index (χ0) is 14.4. The van der Waals surface area contributed by atoms with E-state index >= 15 is 0 Å². The van der Waals surface area contributed by atoms with Gasteiger partial charge in [0.05, 0.1) is 0 Å². The number of hydrogen-bond donors (Lipinski definition) is 1. The predicted octanol–water partition coefficient (Wildman–Crippen LogP) is 4.48. The summed E-state index contributed by atoms with van der Waals surface area (Å²) in [5.41, 5.74) is 2.67. The first kappa shape index (κ1) is 14.4. The van der Waals surface area contributed by atoms with Gasteiger partial charge in [0.15, 0.2) is 0 Å². The van der Waals surface area contributed by atoms with Crippen LogP contribution in [-0.4, -0.2) is 13.2 Å². The highest BCUT2D eigenvalue weighted by Crippen LogP contribution is 2.28. The molecule has 2 rings (SSSR count). The van der Waals surface area contributed by atoms with Crippen LogP contribution in [0.5, 0.6) is 5.75 Å². The van der Waals surface area contributed by atoms with Gasteiger partial charge in [0.1, 0.15) is 12.4 Å². The molecule has 2 nitrogen and oxygen atoms in total. The van der Waals surface area contributed by atoms with Gasteiger partial charge in [0, 0.05) is 12.2 Å². The molecule has 20 heavy (non-hydrogen) atoms. The van der Waals surface area contributed by atoms with Crippen molar-refractivity contribution in [3.05, 3.63) is 60.2 Å². The fourth-order valence-electron chi connectivity index (χ4n) is 2.16. The Morgan fingerprint density at radius 3 is 2.25 bits per heavy atom. The van der Waals surface area contributed by atoms with E-state index in [1.54, 1.807) is 0 Å². The standard InChI is InChI=1S/C18H23NO/c1-18(2,3)16-11-7-8-12-17(16)19-13-14-20-15-9-5-4-6-10-15/h4-12,19H,13-14H2,1-3H3. The summed E-state index contributed by atoms with van der Waals surface area (Å²) in [6, 6.07) is 18.4. The summed E-state index contributed by atoms with van der Waals surface area (Å²) in [5.74, 6) is 0.915. The third-order valence-electron chi connectivity index (χ3n) is 3.16. The first-order valence-corrected chi connectivity index (χ1v) is 7.08. The van der Waals surface area contributed by atoms with Crippen molar-refractivity contribution in [1.29, 1.82) is 0 Å². The van der Waals surface area contributed by atoms with Crippen LogP contribution in [0.3, 0.4) is 0 Å². The van der Waals surface area contributed by atoms with Crippen LogP contribution >= 0.6 is 0 Å². The molecule has 0 unspecified atom stereocenters. The lowest BCUT2D eigenvalue weighted by atomic mass is 9.86. The molecule has 0 radical (unpaired) electrons. The third-order valence-corrected chi connectivity index (χ3v) is 3.16. The average molecular weight is 269 g/mol. The normalized spacial score (nSPS) is 11.2. The van der Waals surface area contributed by atoms with Gasteiger partial charge in [-0.2, -0.15) is 0 Å². The Hall–Kier alpha value is -1.96. The van der Waals surface area contributed by atoms with Crippen LogP contribution in [0.25, 0.3) is 0 Å². The molecule has 0 spiro atoms. The van der Waals surface area contributed by atoms with Crippen LogP contribution in [0.15, 0.2) is 54.6 Å². The minimum absolute atomic E-state index is 0.143. The smallest absolute Gasteiger partial charge is 0.119 e. The molecule has 2 aromatic carbocycles. The SMILES string of the molecule is CC(C)(C)c1ccccc1NCCOc1ccccc1. The van der Waals surface area contributed by atoms with Gasteiger partial charge in [-0.3, -0.25) is 0 Å². The first-order valence-electron chi connectivity index (χ1n) is 7.08. The van der Waals surface area contributed by atoms with E-state index in [2.05, 4.69) is 50.4 Å². The third kappa shape index (κ3) is 4.02. The maximum absolute atomic E-state index is 5.69. The number of rotatable bonds is 5. The number of anilines is 1. The number of benzene rings is 2. The van der Waals surface area contributed by atoms with E-state index in [1.165, 1.54) is 11.3 Å². The Kier molecular flexibility index (Phi) is 4.67. The van der Waals surface area contributed by atoms with E-state index in [0.29, 0.717) is 6.61 Å². The summed E-state index contributed by atoms with van der Waals surface area (Å²) in [4.78, 5) is 0. The lowest BCUT2D eigenvalue weighted by molar-refractivity contribution is 0.333. The molecule has 0 aliphatic carbocycles. The second-order valence-corrected chi connectivity index (χ2v) is 5.88. The number of nitrogens with one attached hydrogen (secondary N) is 1. The Morgan fingerprint density at radius 2 is 1.55 bits per heavy atom. The number of hydrogen-bond acceptors (Lipinski definition) is 2. The maximum Gasteiger partial charge on any atom is 0.119 e. The Morgan fingerprint density at radius 1 is 0.900 bits per heavy atom. The van der Waals surface area contributed by atoms with Crippen LogP contribution in [0, 0.1) is 0 Å². The molecule has 0 aliphatic rings. The van der Waals surface area contributed by atoms with Crippen LogP contribution in [0.2, 0.25) is 0 Å². The highest BCUT2D eigenvalue weighted by Gasteiger charge is 2.16. The molecule has 0 bridgehead atoms. The van der Waals surface area contributed by atoms with Gasteiger partial charge in [-0.25, -0.2) is 0 Å². The van der Waals surface area contributed by atoms with Crippen molar-refractivity contribution in [3.8, 4) is 5.75 Å². The molecule has 0 aromatic heterocycles. The maximum atomic E-state index is 5.69. The van der Waals surface area contributed by atoms with E-state index in [-0.39, 0.29) is 5.41 Å². The monoisotopic (exact) mass is 269 g/mol. The molecule has 1 N–H and O–H groups in total. The molecule has 0 saturated carbocycles. The van der Waals surface area contributed by atoms with Gasteiger partial charge in [-0.15, -0.1) is 0 Å². The lowest BCUT2D eigenvalue weighted by Gasteiger charge is -2.23. The molecular weight excluding hydrogens is 246 g/mol. The summed E-state index contributed by atoms with van der Waals surface area (Å²) in [7, 11) is 0. The van der Waals surface area contributed by atoms with Gasteiger partial charge in [0.2, 0.25) is 0 Å². The molecule has 0 atom stereocenters. The number of ether oxygens (including phenoxy) is 1. The zero-order valence-electron chi connectivity index (χ0n) is 12.5. The van der Waals surface area contributed by atoms with E-state index in [0.717, 1.165) is 12.3 Å². The molecule has 0 amide bonds. The fourth-order valence-corrected chi connectivity index (χ4v) is 2.16. The molecule has 0 saturated heterocycles. The summed E-state index contributed by atoms with van der Waals surface area (Å²) < 4.78 is 5.69. The topological polar surface area (TPSA) is 21.3 Å². The quantitative estimate of drug-likeness (QED) is 0.808. The second kappa shape index (κ2) is 6.47. The lowest BCUT2D eigenvalue weighted by Crippen LogP contribution is -2.17. The van der Waals surface area contributed by atoms with E-state index < -0.39 is 0 Å². The molecule has 106 valence electrons. The summed E-state index contributed by atoms with van der Waals surface area (Å²) in [6.45, 7) is 8.14. The van der Waals surface area contributed by atoms with Gasteiger partial charge in [0.25, 0.3) is 0 Å². The Labute approximate surface area is 121 Å². The molecule has 0 fully saturated rings. The van der Waals surface area contributed by atoms with Crippen molar-refractivity contribution in [1.82, 2.24) is 0 Å². The highest BCUT2D eigenvalue weighted by atomic mass is 16.5. The molecule has 2 heteroatoms. The van der Waals surface area contributed by atoms with Crippen molar-refractivity contribution in [2.24, 2.45) is 0 Å². The number of para-hydroxylation sites is 2.